The van der Waals surface area contributed by atoms with Gasteiger partial charge in [-0.3, -0.25) is 0 Å². The maximum absolute atomic E-state index is 6.46. The molecule has 0 N–H and O–H groups in total. The molecule has 0 fully saturated rings. The lowest BCUT2D eigenvalue weighted by molar-refractivity contribution is 0.765. The molecule has 0 aliphatic carbocycles. The molecule has 1 unspecified atom stereocenters. The summed E-state index contributed by atoms with van der Waals surface area (Å²) < 4.78 is 0. The van der Waals surface area contributed by atoms with Crippen molar-refractivity contribution in [2.24, 2.45) is 0 Å². The summed E-state index contributed by atoms with van der Waals surface area (Å²) in [6.07, 6.45) is 2.03. The van der Waals surface area contributed by atoms with E-state index >= 15 is 0 Å². The Morgan fingerprint density at radius 3 is 2.42 bits per heavy atom. The molecule has 4 aromatic carbocycles. The van der Waals surface area contributed by atoms with Gasteiger partial charge in [-0.05, 0) is 57.7 Å². The second-order valence-electron chi connectivity index (χ2n) is 7.12. The molecule has 1 atom stereocenters. The van der Waals surface area contributed by atoms with Crippen molar-refractivity contribution in [2.75, 3.05) is 0 Å². The Labute approximate surface area is 160 Å². The van der Waals surface area contributed by atoms with Crippen LogP contribution in [0.5, 0.6) is 0 Å². The number of fused-ring (bicyclic) bond motifs is 2. The number of hydrogen-bond acceptors (Lipinski definition) is 0. The zero-order valence-corrected chi connectivity index (χ0v) is 16.1. The first-order chi connectivity index (χ1) is 12.7. The summed E-state index contributed by atoms with van der Waals surface area (Å²) in [5.41, 5.74) is 4.15. The molecule has 4 rings (SSSR count). The van der Waals surface area contributed by atoms with Crippen LogP contribution in [0.15, 0.2) is 72.8 Å². The van der Waals surface area contributed by atoms with Crippen molar-refractivity contribution in [3.05, 3.63) is 94.5 Å². The van der Waals surface area contributed by atoms with Crippen LogP contribution in [0.4, 0.5) is 0 Å². The Bertz CT molecular complexity index is 1070. The quantitative estimate of drug-likeness (QED) is 0.353. The zero-order valence-electron chi connectivity index (χ0n) is 15.3. The second kappa shape index (κ2) is 7.13. The molecule has 0 heterocycles. The maximum Gasteiger partial charge on any atom is 0.0487 e. The molecule has 0 amide bonds. The fourth-order valence-corrected chi connectivity index (χ4v) is 4.38. The maximum atomic E-state index is 6.46. The Balaban J connectivity index is 1.75. The Kier molecular flexibility index (Phi) is 4.70. The third-order valence-electron chi connectivity index (χ3n) is 5.34. The highest BCUT2D eigenvalue weighted by Gasteiger charge is 2.12. The van der Waals surface area contributed by atoms with E-state index in [1.54, 1.807) is 0 Å². The SMILES string of the molecule is CCc1cc(CC(C)c2cccc3ccccc23)cc2cccc(Cl)c12. The van der Waals surface area contributed by atoms with Gasteiger partial charge in [0, 0.05) is 10.4 Å². The highest BCUT2D eigenvalue weighted by Crippen LogP contribution is 2.32. The van der Waals surface area contributed by atoms with Gasteiger partial charge in [-0.2, -0.15) is 0 Å². The molecular formula is C25H23Cl. The van der Waals surface area contributed by atoms with Gasteiger partial charge in [0.2, 0.25) is 0 Å². The first-order valence-corrected chi connectivity index (χ1v) is 9.73. The number of aryl methyl sites for hydroxylation is 1. The summed E-state index contributed by atoms with van der Waals surface area (Å²) in [6.45, 7) is 4.53. The summed E-state index contributed by atoms with van der Waals surface area (Å²) in [5.74, 6) is 0.461. The average Bonchev–Trinajstić information content (AvgIpc) is 2.67. The van der Waals surface area contributed by atoms with Crippen molar-refractivity contribution in [3.63, 3.8) is 0 Å². The molecule has 1 heteroatoms. The number of halogens is 1. The molecule has 0 aliphatic heterocycles. The minimum Gasteiger partial charge on any atom is -0.0837 e. The van der Waals surface area contributed by atoms with Gasteiger partial charge in [0.05, 0.1) is 0 Å². The molecule has 26 heavy (non-hydrogen) atoms. The van der Waals surface area contributed by atoms with Crippen LogP contribution in [-0.2, 0) is 12.8 Å². The van der Waals surface area contributed by atoms with Crippen LogP contribution in [0.1, 0.15) is 36.5 Å². The molecule has 0 aliphatic rings. The number of rotatable bonds is 4. The average molecular weight is 359 g/mol. The van der Waals surface area contributed by atoms with Crippen molar-refractivity contribution in [3.8, 4) is 0 Å². The largest absolute Gasteiger partial charge is 0.0837 e. The summed E-state index contributed by atoms with van der Waals surface area (Å²) in [4.78, 5) is 0. The van der Waals surface area contributed by atoms with Gasteiger partial charge in [0.1, 0.15) is 0 Å². The molecule has 0 saturated carbocycles. The van der Waals surface area contributed by atoms with Gasteiger partial charge < -0.3 is 0 Å². The van der Waals surface area contributed by atoms with Crippen LogP contribution >= 0.6 is 11.6 Å². The highest BCUT2D eigenvalue weighted by atomic mass is 35.5. The topological polar surface area (TPSA) is 0 Å². The fourth-order valence-electron chi connectivity index (χ4n) is 4.08. The first-order valence-electron chi connectivity index (χ1n) is 9.35. The molecule has 0 radical (unpaired) electrons. The van der Waals surface area contributed by atoms with Crippen molar-refractivity contribution in [1.29, 1.82) is 0 Å². The van der Waals surface area contributed by atoms with E-state index in [0.717, 1.165) is 17.9 Å². The molecule has 0 aromatic heterocycles. The number of benzene rings is 4. The molecule has 0 spiro atoms. The number of hydrogen-bond donors (Lipinski definition) is 0. The first kappa shape index (κ1) is 17.1. The molecule has 0 saturated heterocycles. The van der Waals surface area contributed by atoms with E-state index in [9.17, 15) is 0 Å². The van der Waals surface area contributed by atoms with Crippen molar-refractivity contribution < 1.29 is 0 Å². The van der Waals surface area contributed by atoms with Gasteiger partial charge >= 0.3 is 0 Å². The van der Waals surface area contributed by atoms with Crippen molar-refractivity contribution in [1.82, 2.24) is 0 Å². The lowest BCUT2D eigenvalue weighted by Crippen LogP contribution is -2.01. The molecule has 4 aromatic rings. The monoisotopic (exact) mass is 358 g/mol. The minimum absolute atomic E-state index is 0.461. The summed E-state index contributed by atoms with van der Waals surface area (Å²) in [6, 6.07) is 26.2. The van der Waals surface area contributed by atoms with E-state index in [0.29, 0.717) is 5.92 Å². The smallest absolute Gasteiger partial charge is 0.0487 e. The van der Waals surface area contributed by atoms with E-state index < -0.39 is 0 Å². The van der Waals surface area contributed by atoms with Gasteiger partial charge in [0.25, 0.3) is 0 Å². The van der Waals surface area contributed by atoms with Crippen LogP contribution < -0.4 is 0 Å². The predicted octanol–water partition coefficient (Wildman–Crippen LogP) is 7.56. The van der Waals surface area contributed by atoms with Crippen LogP contribution in [0.2, 0.25) is 5.02 Å². The highest BCUT2D eigenvalue weighted by molar-refractivity contribution is 6.35. The summed E-state index contributed by atoms with van der Waals surface area (Å²) >= 11 is 6.46. The Hall–Kier alpha value is -2.31. The van der Waals surface area contributed by atoms with Crippen molar-refractivity contribution in [2.45, 2.75) is 32.6 Å². The van der Waals surface area contributed by atoms with Gasteiger partial charge in [0.15, 0.2) is 0 Å². The lowest BCUT2D eigenvalue weighted by atomic mass is 9.88. The van der Waals surface area contributed by atoms with Gasteiger partial charge in [-0.25, -0.2) is 0 Å². The van der Waals surface area contributed by atoms with E-state index in [-0.39, 0.29) is 0 Å². The summed E-state index contributed by atoms with van der Waals surface area (Å²) in [5, 5.41) is 5.99. The normalized spacial score (nSPS) is 12.6. The van der Waals surface area contributed by atoms with E-state index in [1.165, 1.54) is 38.2 Å². The van der Waals surface area contributed by atoms with E-state index in [2.05, 4.69) is 74.5 Å². The van der Waals surface area contributed by atoms with Crippen molar-refractivity contribution >= 4 is 33.1 Å². The van der Waals surface area contributed by atoms with Crippen LogP contribution in [0, 0.1) is 0 Å². The Morgan fingerprint density at radius 2 is 1.58 bits per heavy atom. The third-order valence-corrected chi connectivity index (χ3v) is 5.66. The Morgan fingerprint density at radius 1 is 0.846 bits per heavy atom. The molecular weight excluding hydrogens is 336 g/mol. The minimum atomic E-state index is 0.461. The van der Waals surface area contributed by atoms with Crippen LogP contribution in [0.25, 0.3) is 21.5 Å². The predicted molar refractivity (Wildman–Crippen MR) is 114 cm³/mol. The van der Waals surface area contributed by atoms with E-state index in [4.69, 9.17) is 11.6 Å². The second-order valence-corrected chi connectivity index (χ2v) is 7.53. The van der Waals surface area contributed by atoms with Crippen LogP contribution in [-0.4, -0.2) is 0 Å². The zero-order chi connectivity index (χ0) is 18.1. The molecule has 0 nitrogen and oxygen atoms in total. The van der Waals surface area contributed by atoms with Gasteiger partial charge in [-0.1, -0.05) is 92.2 Å². The van der Waals surface area contributed by atoms with E-state index in [1.807, 2.05) is 12.1 Å². The standard InChI is InChI=1S/C25H23Cl/c1-3-19-15-18(16-21-10-7-13-24(26)25(19)21)14-17(2)22-12-6-9-20-8-4-5-11-23(20)22/h4-13,15-17H,3,14H2,1-2H3. The van der Waals surface area contributed by atoms with Crippen LogP contribution in [0.3, 0.4) is 0 Å². The third kappa shape index (κ3) is 3.10. The summed E-state index contributed by atoms with van der Waals surface area (Å²) in [7, 11) is 0. The fraction of sp³-hybridized carbons (Fsp3) is 0.200. The molecule has 0 bridgehead atoms. The molecule has 130 valence electrons. The lowest BCUT2D eigenvalue weighted by Gasteiger charge is -2.17. The van der Waals surface area contributed by atoms with Gasteiger partial charge in [-0.15, -0.1) is 0 Å².